The number of rotatable bonds is 5. The Labute approximate surface area is 87.8 Å². The Kier molecular flexibility index (Phi) is 3.99. The molecule has 0 saturated carbocycles. The molecule has 6 heteroatoms. The summed E-state index contributed by atoms with van der Waals surface area (Å²) in [7, 11) is 0. The van der Waals surface area contributed by atoms with Gasteiger partial charge in [-0.05, 0) is 6.92 Å². The van der Waals surface area contributed by atoms with E-state index in [2.05, 4.69) is 9.97 Å². The minimum Gasteiger partial charge on any atom is -0.395 e. The number of hydrogen-bond donors (Lipinski definition) is 2. The summed E-state index contributed by atoms with van der Waals surface area (Å²) >= 11 is 0. The normalized spacial score (nSPS) is 10.0. The third kappa shape index (κ3) is 3.17. The van der Waals surface area contributed by atoms with Gasteiger partial charge in [-0.3, -0.25) is 4.79 Å². The van der Waals surface area contributed by atoms with E-state index >= 15 is 0 Å². The van der Waals surface area contributed by atoms with Gasteiger partial charge in [-0.1, -0.05) is 0 Å². The second kappa shape index (κ2) is 5.26. The quantitative estimate of drug-likeness (QED) is 0.628. The Morgan fingerprint density at radius 2 is 2.40 bits per heavy atom. The van der Waals surface area contributed by atoms with Crippen molar-refractivity contribution < 1.29 is 9.90 Å². The number of carbonyl (C=O) groups is 1. The summed E-state index contributed by atoms with van der Waals surface area (Å²) in [5.74, 6) is 0.961. The van der Waals surface area contributed by atoms with E-state index in [0.29, 0.717) is 30.2 Å². The highest BCUT2D eigenvalue weighted by Gasteiger charge is 2.06. The van der Waals surface area contributed by atoms with Gasteiger partial charge in [0.05, 0.1) is 13.2 Å². The van der Waals surface area contributed by atoms with Crippen molar-refractivity contribution >= 4 is 12.2 Å². The molecule has 6 nitrogen and oxygen atoms in total. The summed E-state index contributed by atoms with van der Waals surface area (Å²) in [5, 5.41) is 8.70. The molecule has 1 heterocycles. The first kappa shape index (κ1) is 11.4. The molecule has 0 atom stereocenters. The van der Waals surface area contributed by atoms with Gasteiger partial charge in [0.2, 0.25) is 6.41 Å². The van der Waals surface area contributed by atoms with Gasteiger partial charge in [0.25, 0.3) is 0 Å². The highest BCUT2D eigenvalue weighted by atomic mass is 16.3. The van der Waals surface area contributed by atoms with E-state index < -0.39 is 0 Å². The molecule has 1 rings (SSSR count). The molecule has 15 heavy (non-hydrogen) atoms. The SMILES string of the molecule is Cc1ncc(CN(C=O)CCO)c(N)n1. The van der Waals surface area contributed by atoms with Gasteiger partial charge in [0, 0.05) is 18.3 Å². The largest absolute Gasteiger partial charge is 0.395 e. The molecule has 0 fully saturated rings. The third-order valence-corrected chi connectivity index (χ3v) is 1.93. The predicted octanol–water partition coefficient (Wildman–Crippen LogP) is -0.682. The van der Waals surface area contributed by atoms with E-state index in [1.807, 2.05) is 0 Å². The molecule has 1 aromatic rings. The number of aliphatic hydroxyl groups excluding tert-OH is 1. The van der Waals surface area contributed by atoms with Crippen molar-refractivity contribution in [1.29, 1.82) is 0 Å². The number of nitrogens with two attached hydrogens (primary N) is 1. The lowest BCUT2D eigenvalue weighted by Gasteiger charge is -2.16. The molecule has 0 unspecified atom stereocenters. The van der Waals surface area contributed by atoms with E-state index in [-0.39, 0.29) is 13.2 Å². The number of aliphatic hydroxyl groups is 1. The van der Waals surface area contributed by atoms with Gasteiger partial charge in [-0.15, -0.1) is 0 Å². The first-order valence-corrected chi connectivity index (χ1v) is 4.55. The number of carbonyl (C=O) groups excluding carboxylic acids is 1. The van der Waals surface area contributed by atoms with Crippen molar-refractivity contribution in [3.63, 3.8) is 0 Å². The van der Waals surface area contributed by atoms with E-state index in [0.717, 1.165) is 0 Å². The highest BCUT2D eigenvalue weighted by molar-refractivity contribution is 5.49. The zero-order valence-corrected chi connectivity index (χ0v) is 8.55. The fraction of sp³-hybridized carbons (Fsp3) is 0.444. The summed E-state index contributed by atoms with van der Waals surface area (Å²) in [5.41, 5.74) is 6.35. The van der Waals surface area contributed by atoms with Gasteiger partial charge in [-0.25, -0.2) is 9.97 Å². The lowest BCUT2D eigenvalue weighted by molar-refractivity contribution is -0.119. The molecule has 0 aliphatic carbocycles. The van der Waals surface area contributed by atoms with Crippen LogP contribution < -0.4 is 5.73 Å². The minimum atomic E-state index is -0.0780. The molecule has 0 aromatic carbocycles. The molecule has 82 valence electrons. The van der Waals surface area contributed by atoms with Crippen LogP contribution in [0.15, 0.2) is 6.20 Å². The summed E-state index contributed by atoms with van der Waals surface area (Å²) in [4.78, 5) is 20.0. The van der Waals surface area contributed by atoms with Gasteiger partial charge < -0.3 is 15.7 Å². The second-order valence-electron chi connectivity index (χ2n) is 3.13. The zero-order valence-electron chi connectivity index (χ0n) is 8.55. The standard InChI is InChI=1S/C9H14N4O2/c1-7-11-4-8(9(10)12-7)5-13(6-15)2-3-14/h4,6,14H,2-3,5H2,1H3,(H2,10,11,12). The van der Waals surface area contributed by atoms with Gasteiger partial charge in [0.1, 0.15) is 11.6 Å². The maximum Gasteiger partial charge on any atom is 0.210 e. The molecule has 1 amide bonds. The smallest absolute Gasteiger partial charge is 0.210 e. The molecule has 1 aromatic heterocycles. The lowest BCUT2D eigenvalue weighted by Crippen LogP contribution is -2.25. The summed E-state index contributed by atoms with van der Waals surface area (Å²) in [6.07, 6.45) is 2.25. The van der Waals surface area contributed by atoms with Crippen LogP contribution in [-0.2, 0) is 11.3 Å². The van der Waals surface area contributed by atoms with Crippen LogP contribution in [0.5, 0.6) is 0 Å². The van der Waals surface area contributed by atoms with E-state index in [4.69, 9.17) is 10.8 Å². The Balaban J connectivity index is 2.74. The molecule has 0 radical (unpaired) electrons. The van der Waals surface area contributed by atoms with Crippen molar-refractivity contribution in [3.05, 3.63) is 17.6 Å². The summed E-state index contributed by atoms with van der Waals surface area (Å²) < 4.78 is 0. The van der Waals surface area contributed by atoms with Crippen LogP contribution in [0.25, 0.3) is 0 Å². The van der Waals surface area contributed by atoms with Crippen LogP contribution in [0, 0.1) is 6.92 Å². The molecule has 0 saturated heterocycles. The van der Waals surface area contributed by atoms with E-state index in [9.17, 15) is 4.79 Å². The Morgan fingerprint density at radius 1 is 1.67 bits per heavy atom. The fourth-order valence-electron chi connectivity index (χ4n) is 1.15. The van der Waals surface area contributed by atoms with Crippen LogP contribution in [0.3, 0.4) is 0 Å². The second-order valence-corrected chi connectivity index (χ2v) is 3.13. The van der Waals surface area contributed by atoms with Crippen molar-refractivity contribution in [2.24, 2.45) is 0 Å². The Hall–Kier alpha value is -1.69. The molecule has 0 aliphatic rings. The fourth-order valence-corrected chi connectivity index (χ4v) is 1.15. The van der Waals surface area contributed by atoms with Crippen LogP contribution >= 0.6 is 0 Å². The monoisotopic (exact) mass is 210 g/mol. The Morgan fingerprint density at radius 3 is 2.93 bits per heavy atom. The molecular formula is C9H14N4O2. The number of nitrogens with zero attached hydrogens (tertiary/aromatic N) is 3. The molecular weight excluding hydrogens is 196 g/mol. The van der Waals surface area contributed by atoms with Gasteiger partial charge in [0.15, 0.2) is 0 Å². The Bertz CT molecular complexity index is 343. The highest BCUT2D eigenvalue weighted by Crippen LogP contribution is 2.09. The van der Waals surface area contributed by atoms with Gasteiger partial charge >= 0.3 is 0 Å². The van der Waals surface area contributed by atoms with Gasteiger partial charge in [-0.2, -0.15) is 0 Å². The minimum absolute atomic E-state index is 0.0780. The first-order chi connectivity index (χ1) is 7.17. The predicted molar refractivity (Wildman–Crippen MR) is 54.7 cm³/mol. The van der Waals surface area contributed by atoms with Crippen LogP contribution in [0.1, 0.15) is 11.4 Å². The lowest BCUT2D eigenvalue weighted by atomic mass is 10.3. The topological polar surface area (TPSA) is 92.3 Å². The van der Waals surface area contributed by atoms with Crippen LogP contribution in [0.2, 0.25) is 0 Å². The summed E-state index contributed by atoms with van der Waals surface area (Å²) in [6.45, 7) is 2.25. The van der Waals surface area contributed by atoms with Crippen LogP contribution in [-0.4, -0.2) is 39.5 Å². The van der Waals surface area contributed by atoms with Crippen molar-refractivity contribution in [3.8, 4) is 0 Å². The number of amides is 1. The average molecular weight is 210 g/mol. The van der Waals surface area contributed by atoms with Crippen molar-refractivity contribution in [2.75, 3.05) is 18.9 Å². The maximum atomic E-state index is 10.6. The first-order valence-electron chi connectivity index (χ1n) is 4.55. The molecule has 3 N–H and O–H groups in total. The third-order valence-electron chi connectivity index (χ3n) is 1.93. The van der Waals surface area contributed by atoms with Crippen molar-refractivity contribution in [2.45, 2.75) is 13.5 Å². The summed E-state index contributed by atoms with van der Waals surface area (Å²) in [6, 6.07) is 0. The maximum absolute atomic E-state index is 10.6. The van der Waals surface area contributed by atoms with E-state index in [1.165, 1.54) is 4.90 Å². The number of aromatic nitrogens is 2. The number of hydrogen-bond acceptors (Lipinski definition) is 5. The number of anilines is 1. The molecule has 0 bridgehead atoms. The van der Waals surface area contributed by atoms with Crippen LogP contribution in [0.4, 0.5) is 5.82 Å². The molecule has 0 aliphatic heterocycles. The van der Waals surface area contributed by atoms with E-state index in [1.54, 1.807) is 13.1 Å². The average Bonchev–Trinajstić information content (AvgIpc) is 2.21. The number of aryl methyl sites for hydroxylation is 1. The van der Waals surface area contributed by atoms with Crippen molar-refractivity contribution in [1.82, 2.24) is 14.9 Å². The zero-order chi connectivity index (χ0) is 11.3. The number of nitrogen functional groups attached to an aromatic ring is 1. The molecule has 0 spiro atoms.